The first-order valence-electron chi connectivity index (χ1n) is 12.7. The number of Topliss-reactive ketones (excluding diaryl/α,β-unsaturated/α-hetero) is 1. The maximum atomic E-state index is 11.9. The van der Waals surface area contributed by atoms with E-state index >= 15 is 0 Å². The van der Waals surface area contributed by atoms with Gasteiger partial charge in [0.05, 0.1) is 13.0 Å². The lowest BCUT2D eigenvalue weighted by Crippen LogP contribution is -2.34. The third-order valence-electron chi connectivity index (χ3n) is 7.21. The lowest BCUT2D eigenvalue weighted by atomic mass is 9.84. The summed E-state index contributed by atoms with van der Waals surface area (Å²) in [6.45, 7) is 7.96. The summed E-state index contributed by atoms with van der Waals surface area (Å²) in [6.07, 6.45) is 0.381. The molecule has 0 saturated carbocycles. The topological polar surface area (TPSA) is 107 Å². The number of carbonyl (C=O) groups is 2. The molecule has 1 aliphatic heterocycles. The van der Waals surface area contributed by atoms with Crippen molar-refractivity contribution < 1.29 is 28.5 Å². The fourth-order valence-electron chi connectivity index (χ4n) is 4.96. The predicted octanol–water partition coefficient (Wildman–Crippen LogP) is 6.81. The Bertz CT molecular complexity index is 1350. The number of hydrogen-bond donors (Lipinski definition) is 3. The van der Waals surface area contributed by atoms with Crippen LogP contribution in [0.1, 0.15) is 70.8 Å². The molecule has 1 aliphatic rings. The van der Waals surface area contributed by atoms with E-state index in [9.17, 15) is 23.8 Å². The minimum atomic E-state index is -3.32. The molecule has 0 aliphatic carbocycles. The van der Waals surface area contributed by atoms with Gasteiger partial charge in [-0.05, 0) is 73.2 Å². The molecule has 0 bridgehead atoms. The van der Waals surface area contributed by atoms with E-state index in [1.165, 1.54) is 6.92 Å². The van der Waals surface area contributed by atoms with Crippen LogP contribution < -0.4 is 4.74 Å². The first-order chi connectivity index (χ1) is 18.0. The molecule has 2 atom stereocenters. The molecule has 0 aromatic heterocycles. The van der Waals surface area contributed by atoms with Crippen molar-refractivity contribution >= 4 is 22.5 Å². The first-order valence-corrected chi connectivity index (χ1v) is 14.2. The van der Waals surface area contributed by atoms with Gasteiger partial charge in [-0.2, -0.15) is 4.31 Å². The fourth-order valence-corrected chi connectivity index (χ4v) is 6.58. The van der Waals surface area contributed by atoms with Gasteiger partial charge in [-0.3, -0.25) is 18.7 Å². The second-order valence-electron chi connectivity index (χ2n) is 9.90. The van der Waals surface area contributed by atoms with Crippen molar-refractivity contribution in [1.82, 2.24) is 4.31 Å². The van der Waals surface area contributed by atoms with Crippen molar-refractivity contribution in [2.75, 3.05) is 6.54 Å². The van der Waals surface area contributed by atoms with Crippen molar-refractivity contribution in [2.45, 2.75) is 64.0 Å². The van der Waals surface area contributed by atoms with Crippen LogP contribution >= 0.6 is 10.8 Å². The van der Waals surface area contributed by atoms with Gasteiger partial charge in [-0.25, -0.2) is 0 Å². The number of benzene rings is 3. The van der Waals surface area contributed by atoms with Crippen molar-refractivity contribution in [3.8, 4) is 5.75 Å². The van der Waals surface area contributed by atoms with Gasteiger partial charge in [0.1, 0.15) is 16.7 Å². The number of ether oxygens (including phenoxy) is 1. The molecule has 7 nitrogen and oxygen atoms in total. The number of carbonyl (C=O) groups excluding carboxylic acids is 1. The van der Waals surface area contributed by atoms with E-state index in [2.05, 4.69) is 0 Å². The first kappa shape index (κ1) is 27.9. The van der Waals surface area contributed by atoms with Crippen LogP contribution in [0.15, 0.2) is 65.6 Å². The van der Waals surface area contributed by atoms with Crippen LogP contribution in [0, 0.1) is 13.8 Å². The van der Waals surface area contributed by atoms with E-state index in [0.29, 0.717) is 29.2 Å². The molecule has 0 fully saturated rings. The average molecular weight is 538 g/mol. The number of nitrogens with zero attached hydrogens (tertiary/aromatic N) is 1. The van der Waals surface area contributed by atoms with Gasteiger partial charge in [0.25, 0.3) is 0 Å². The second-order valence-corrected chi connectivity index (χ2v) is 11.9. The maximum absolute atomic E-state index is 11.9. The summed E-state index contributed by atoms with van der Waals surface area (Å²) in [4.78, 5) is 24.1. The Morgan fingerprint density at radius 3 is 2.45 bits per heavy atom. The molecule has 1 heterocycles. The molecule has 38 heavy (non-hydrogen) atoms. The fraction of sp³-hybridized carbons (Fsp3) is 0.333. The van der Waals surface area contributed by atoms with E-state index in [-0.39, 0.29) is 24.9 Å². The van der Waals surface area contributed by atoms with Crippen molar-refractivity contribution in [3.05, 3.63) is 94.0 Å². The van der Waals surface area contributed by atoms with Gasteiger partial charge in [-0.15, -0.1) is 10.8 Å². The van der Waals surface area contributed by atoms with Crippen LogP contribution in [0.5, 0.6) is 5.75 Å². The van der Waals surface area contributed by atoms with Crippen molar-refractivity contribution in [2.24, 2.45) is 0 Å². The Balaban J connectivity index is 1.73. The smallest absolute Gasteiger partial charge is 0.304 e. The standard InChI is InChI=1S/C30H35NO6S/c1-5-25-18-31(38(35,36)29-9-7-6-8-28(29)37-25)17-24-15-23(11-10-19(24)2)27(16-30(33)34)26-13-12-22(21(4)32)14-20(26)3/h6-15,25,27,35-36H,5,16-18H2,1-4H3,(H,33,34). The van der Waals surface area contributed by atoms with Gasteiger partial charge in [-0.1, -0.05) is 49.4 Å². The molecule has 0 saturated heterocycles. The zero-order chi connectivity index (χ0) is 27.6. The molecule has 0 amide bonds. The minimum Gasteiger partial charge on any atom is -0.487 e. The molecule has 3 N–H and O–H groups in total. The molecule has 0 radical (unpaired) electrons. The summed E-state index contributed by atoms with van der Waals surface area (Å²) in [5.41, 5.74) is 4.95. The summed E-state index contributed by atoms with van der Waals surface area (Å²) < 4.78 is 30.6. The van der Waals surface area contributed by atoms with E-state index < -0.39 is 22.7 Å². The van der Waals surface area contributed by atoms with Gasteiger partial charge >= 0.3 is 5.97 Å². The highest BCUT2D eigenvalue weighted by Crippen LogP contribution is 2.57. The number of para-hydroxylation sites is 1. The molecule has 0 spiro atoms. The zero-order valence-electron chi connectivity index (χ0n) is 22.2. The largest absolute Gasteiger partial charge is 0.487 e. The van der Waals surface area contributed by atoms with Gasteiger partial charge < -0.3 is 9.84 Å². The third-order valence-corrected chi connectivity index (χ3v) is 9.14. The van der Waals surface area contributed by atoms with Crippen molar-refractivity contribution in [3.63, 3.8) is 0 Å². The Kier molecular flexibility index (Phi) is 8.28. The number of carboxylic acids is 1. The summed E-state index contributed by atoms with van der Waals surface area (Å²) >= 11 is 0. The van der Waals surface area contributed by atoms with Gasteiger partial charge in [0, 0.05) is 18.0 Å². The molecule has 202 valence electrons. The SMILES string of the molecule is CCC1CN(Cc2cc(C(CC(=O)O)c3ccc(C(C)=O)cc3C)ccc2C)S(O)(O)c2ccccc2O1. The second kappa shape index (κ2) is 11.3. The summed E-state index contributed by atoms with van der Waals surface area (Å²) in [5, 5.41) is 9.74. The lowest BCUT2D eigenvalue weighted by molar-refractivity contribution is -0.137. The normalized spacial score (nSPS) is 18.5. The monoisotopic (exact) mass is 537 g/mol. The molecule has 4 rings (SSSR count). The van der Waals surface area contributed by atoms with Crippen LogP contribution in [-0.2, 0) is 11.3 Å². The van der Waals surface area contributed by atoms with Crippen LogP contribution in [0.2, 0.25) is 0 Å². The number of fused-ring (bicyclic) bond motifs is 1. The Morgan fingerprint density at radius 1 is 1.05 bits per heavy atom. The molecular formula is C30H35NO6S. The quantitative estimate of drug-likeness (QED) is 0.271. The minimum absolute atomic E-state index is 0.0422. The van der Waals surface area contributed by atoms with Gasteiger partial charge in [0.15, 0.2) is 5.78 Å². The highest BCUT2D eigenvalue weighted by atomic mass is 32.3. The number of ketones is 1. The van der Waals surface area contributed by atoms with Crippen LogP contribution in [-0.4, -0.2) is 42.9 Å². The molecule has 3 aromatic rings. The summed E-state index contributed by atoms with van der Waals surface area (Å²) in [5.74, 6) is -0.907. The molecule has 2 unspecified atom stereocenters. The highest BCUT2D eigenvalue weighted by Gasteiger charge is 2.35. The van der Waals surface area contributed by atoms with Crippen molar-refractivity contribution in [1.29, 1.82) is 0 Å². The predicted molar refractivity (Wildman–Crippen MR) is 149 cm³/mol. The Hall–Kier alpha value is -3.17. The van der Waals surface area contributed by atoms with E-state index in [0.717, 1.165) is 27.8 Å². The van der Waals surface area contributed by atoms with E-state index in [1.807, 2.05) is 51.1 Å². The number of carboxylic acid groups (broad SMARTS) is 1. The Morgan fingerprint density at radius 2 is 1.79 bits per heavy atom. The van der Waals surface area contributed by atoms with Gasteiger partial charge in [0.2, 0.25) is 0 Å². The third kappa shape index (κ3) is 5.78. The Labute approximate surface area is 225 Å². The maximum Gasteiger partial charge on any atom is 0.304 e. The lowest BCUT2D eigenvalue weighted by Gasteiger charge is -2.42. The molecular weight excluding hydrogens is 502 g/mol. The zero-order valence-corrected chi connectivity index (χ0v) is 23.0. The van der Waals surface area contributed by atoms with Crippen LogP contribution in [0.25, 0.3) is 0 Å². The number of hydrogen-bond acceptors (Lipinski definition) is 6. The van der Waals surface area contributed by atoms with E-state index in [1.54, 1.807) is 34.6 Å². The van der Waals surface area contributed by atoms with Crippen LogP contribution in [0.4, 0.5) is 0 Å². The number of rotatable bonds is 8. The van der Waals surface area contributed by atoms with Crippen LogP contribution in [0.3, 0.4) is 0 Å². The number of aryl methyl sites for hydroxylation is 2. The number of aliphatic carboxylic acids is 1. The van der Waals surface area contributed by atoms with E-state index in [4.69, 9.17) is 4.74 Å². The molecule has 8 heteroatoms. The average Bonchev–Trinajstić information content (AvgIpc) is 2.97. The highest BCUT2D eigenvalue weighted by molar-refractivity contribution is 8.22. The molecule has 3 aromatic carbocycles. The summed E-state index contributed by atoms with van der Waals surface area (Å²) in [6, 6.07) is 18.3. The summed E-state index contributed by atoms with van der Waals surface area (Å²) in [7, 11) is -3.32.